The van der Waals surface area contributed by atoms with Crippen LogP contribution in [-0.2, 0) is 6.54 Å². The molecule has 1 aliphatic carbocycles. The molecule has 0 aliphatic heterocycles. The van der Waals surface area contributed by atoms with Crippen LogP contribution in [0.1, 0.15) is 44.6 Å². The minimum atomic E-state index is 0.963. The van der Waals surface area contributed by atoms with E-state index in [1.54, 1.807) is 0 Å². The zero-order valence-corrected chi connectivity index (χ0v) is 13.1. The van der Waals surface area contributed by atoms with E-state index in [1.165, 1.54) is 48.4 Å². The molecule has 0 unspecified atom stereocenters. The summed E-state index contributed by atoms with van der Waals surface area (Å²) in [6, 6.07) is 15.4. The second kappa shape index (κ2) is 7.09. The van der Waals surface area contributed by atoms with Crippen molar-refractivity contribution in [2.75, 3.05) is 6.54 Å². The van der Waals surface area contributed by atoms with E-state index in [0.29, 0.717) is 0 Å². The number of hydrogen-bond donors (Lipinski definition) is 1. The lowest BCUT2D eigenvalue weighted by Gasteiger charge is -2.26. The summed E-state index contributed by atoms with van der Waals surface area (Å²) in [6.07, 6.45) is 7.11. The topological polar surface area (TPSA) is 12.0 Å². The van der Waals surface area contributed by atoms with Gasteiger partial charge in [0.2, 0.25) is 0 Å². The predicted octanol–water partition coefficient (Wildman–Crippen LogP) is 5.15. The molecular formula is C20H27N. The second-order valence-electron chi connectivity index (χ2n) is 6.77. The van der Waals surface area contributed by atoms with Crippen LogP contribution in [0.2, 0.25) is 0 Å². The Kier molecular flexibility index (Phi) is 4.92. The predicted molar refractivity (Wildman–Crippen MR) is 91.4 cm³/mol. The van der Waals surface area contributed by atoms with Gasteiger partial charge in [-0.25, -0.2) is 0 Å². The number of fused-ring (bicyclic) bond motifs is 1. The molecule has 3 rings (SSSR count). The summed E-state index contributed by atoms with van der Waals surface area (Å²) in [6.45, 7) is 4.55. The Balaban J connectivity index is 1.44. The molecule has 1 heteroatoms. The molecule has 0 aromatic heterocycles. The summed E-state index contributed by atoms with van der Waals surface area (Å²) in [5.74, 6) is 1.93. The molecule has 1 aliphatic rings. The lowest BCUT2D eigenvalue weighted by atomic mass is 9.81. The highest BCUT2D eigenvalue weighted by atomic mass is 14.8. The Hall–Kier alpha value is -1.34. The van der Waals surface area contributed by atoms with Crippen molar-refractivity contribution in [1.82, 2.24) is 5.32 Å². The number of hydrogen-bond acceptors (Lipinski definition) is 1. The van der Waals surface area contributed by atoms with E-state index in [1.807, 2.05) is 0 Å². The first-order valence-electron chi connectivity index (χ1n) is 8.49. The molecular weight excluding hydrogens is 254 g/mol. The van der Waals surface area contributed by atoms with Gasteiger partial charge in [-0.3, -0.25) is 0 Å². The van der Waals surface area contributed by atoms with Crippen LogP contribution in [0.4, 0.5) is 0 Å². The fourth-order valence-corrected chi connectivity index (χ4v) is 3.51. The summed E-state index contributed by atoms with van der Waals surface area (Å²) >= 11 is 0. The first kappa shape index (κ1) is 14.6. The van der Waals surface area contributed by atoms with E-state index in [2.05, 4.69) is 54.7 Å². The molecule has 1 saturated carbocycles. The molecule has 0 spiro atoms. The second-order valence-corrected chi connectivity index (χ2v) is 6.77. The smallest absolute Gasteiger partial charge is 0.0205 e. The fraction of sp³-hybridized carbons (Fsp3) is 0.500. The molecule has 0 saturated heterocycles. The van der Waals surface area contributed by atoms with E-state index in [4.69, 9.17) is 0 Å². The average Bonchev–Trinajstić information content (AvgIpc) is 2.53. The van der Waals surface area contributed by atoms with Crippen LogP contribution >= 0.6 is 0 Å². The summed E-state index contributed by atoms with van der Waals surface area (Å²) in [7, 11) is 0. The average molecular weight is 281 g/mol. The normalized spacial score (nSPS) is 22.5. The zero-order valence-electron chi connectivity index (χ0n) is 13.1. The molecule has 21 heavy (non-hydrogen) atoms. The number of rotatable bonds is 5. The highest BCUT2D eigenvalue weighted by Crippen LogP contribution is 2.29. The summed E-state index contributed by atoms with van der Waals surface area (Å²) in [5, 5.41) is 6.30. The van der Waals surface area contributed by atoms with Crippen LogP contribution in [0.15, 0.2) is 42.5 Å². The third-order valence-electron chi connectivity index (χ3n) is 5.01. The largest absolute Gasteiger partial charge is 0.313 e. The molecule has 0 heterocycles. The molecule has 0 atom stereocenters. The maximum absolute atomic E-state index is 3.62. The zero-order chi connectivity index (χ0) is 14.5. The monoisotopic (exact) mass is 281 g/mol. The number of benzene rings is 2. The van der Waals surface area contributed by atoms with Gasteiger partial charge in [0.15, 0.2) is 0 Å². The van der Waals surface area contributed by atoms with Gasteiger partial charge in [0.1, 0.15) is 0 Å². The summed E-state index contributed by atoms with van der Waals surface area (Å²) in [5.41, 5.74) is 1.39. The minimum Gasteiger partial charge on any atom is -0.313 e. The number of nitrogens with one attached hydrogen (secondary N) is 1. The van der Waals surface area contributed by atoms with Crippen molar-refractivity contribution in [1.29, 1.82) is 0 Å². The van der Waals surface area contributed by atoms with E-state index in [-0.39, 0.29) is 0 Å². The Labute approximate surface area is 128 Å². The first-order valence-corrected chi connectivity index (χ1v) is 8.49. The van der Waals surface area contributed by atoms with Gasteiger partial charge >= 0.3 is 0 Å². The van der Waals surface area contributed by atoms with E-state index in [0.717, 1.165) is 24.9 Å². The minimum absolute atomic E-state index is 0.963. The van der Waals surface area contributed by atoms with Crippen LogP contribution in [-0.4, -0.2) is 6.54 Å². The lowest BCUT2D eigenvalue weighted by Crippen LogP contribution is -2.20. The highest BCUT2D eigenvalue weighted by Gasteiger charge is 2.17. The van der Waals surface area contributed by atoms with Crippen molar-refractivity contribution in [3.05, 3.63) is 48.0 Å². The van der Waals surface area contributed by atoms with Crippen molar-refractivity contribution in [2.24, 2.45) is 11.8 Å². The summed E-state index contributed by atoms with van der Waals surface area (Å²) < 4.78 is 0. The van der Waals surface area contributed by atoms with E-state index < -0.39 is 0 Å². The quantitative estimate of drug-likeness (QED) is 0.748. The van der Waals surface area contributed by atoms with Crippen molar-refractivity contribution in [2.45, 2.75) is 45.6 Å². The van der Waals surface area contributed by atoms with Gasteiger partial charge in [-0.05, 0) is 47.2 Å². The van der Waals surface area contributed by atoms with Gasteiger partial charge in [-0.2, -0.15) is 0 Å². The Morgan fingerprint density at radius 3 is 2.52 bits per heavy atom. The van der Waals surface area contributed by atoms with Gasteiger partial charge in [-0.15, -0.1) is 0 Å². The molecule has 2 aromatic rings. The lowest BCUT2D eigenvalue weighted by molar-refractivity contribution is 0.275. The van der Waals surface area contributed by atoms with Gasteiger partial charge in [0.05, 0.1) is 0 Å². The molecule has 0 bridgehead atoms. The van der Waals surface area contributed by atoms with Crippen LogP contribution in [0, 0.1) is 11.8 Å². The molecule has 0 amide bonds. The maximum atomic E-state index is 3.62. The molecule has 112 valence electrons. The maximum Gasteiger partial charge on any atom is 0.0205 e. The van der Waals surface area contributed by atoms with Crippen molar-refractivity contribution < 1.29 is 0 Å². The van der Waals surface area contributed by atoms with Gasteiger partial charge < -0.3 is 5.32 Å². The van der Waals surface area contributed by atoms with Gasteiger partial charge in [0, 0.05) is 6.54 Å². The fourth-order valence-electron chi connectivity index (χ4n) is 3.51. The highest BCUT2D eigenvalue weighted by molar-refractivity contribution is 5.82. The van der Waals surface area contributed by atoms with Crippen LogP contribution < -0.4 is 5.32 Å². The Bertz CT molecular complexity index is 567. The van der Waals surface area contributed by atoms with E-state index >= 15 is 0 Å². The third-order valence-corrected chi connectivity index (χ3v) is 5.01. The molecule has 1 fully saturated rings. The van der Waals surface area contributed by atoms with Crippen LogP contribution in [0.3, 0.4) is 0 Å². The molecule has 2 aromatic carbocycles. The SMILES string of the molecule is CC1CCC(CCNCc2ccc3ccccc3c2)CC1. The third kappa shape index (κ3) is 4.07. The van der Waals surface area contributed by atoms with Crippen LogP contribution in [0.5, 0.6) is 0 Å². The Morgan fingerprint density at radius 2 is 1.71 bits per heavy atom. The molecule has 1 N–H and O–H groups in total. The first-order chi connectivity index (χ1) is 10.3. The standard InChI is InChI=1S/C20H27N/c1-16-6-8-17(9-7-16)12-13-21-15-18-10-11-19-4-2-3-5-20(19)14-18/h2-5,10-11,14,16-17,21H,6-9,12-13,15H2,1H3. The van der Waals surface area contributed by atoms with Crippen molar-refractivity contribution >= 4 is 10.8 Å². The van der Waals surface area contributed by atoms with Crippen molar-refractivity contribution in [3.63, 3.8) is 0 Å². The van der Waals surface area contributed by atoms with Crippen molar-refractivity contribution in [3.8, 4) is 0 Å². The molecule has 1 nitrogen and oxygen atoms in total. The van der Waals surface area contributed by atoms with Gasteiger partial charge in [-0.1, -0.05) is 69.0 Å². The van der Waals surface area contributed by atoms with Crippen LogP contribution in [0.25, 0.3) is 10.8 Å². The summed E-state index contributed by atoms with van der Waals surface area (Å²) in [4.78, 5) is 0. The van der Waals surface area contributed by atoms with E-state index in [9.17, 15) is 0 Å². The van der Waals surface area contributed by atoms with Gasteiger partial charge in [0.25, 0.3) is 0 Å². The molecule has 0 radical (unpaired) electrons. The Morgan fingerprint density at radius 1 is 0.952 bits per heavy atom.